The average Bonchev–Trinajstić information content (AvgIpc) is 2.56. The van der Waals surface area contributed by atoms with E-state index in [1.54, 1.807) is 11.3 Å². The first-order valence-electron chi connectivity index (χ1n) is 5.14. The van der Waals surface area contributed by atoms with Crippen molar-refractivity contribution in [2.24, 2.45) is 11.8 Å². The number of Topliss-reactive ketones (excluding diaryl/α,β-unsaturated/α-hetero) is 1. The molecule has 0 aromatic carbocycles. The first-order valence-corrected chi connectivity index (χ1v) is 6.02. The van der Waals surface area contributed by atoms with Crippen molar-refractivity contribution >= 4 is 17.1 Å². The van der Waals surface area contributed by atoms with Crippen molar-refractivity contribution in [2.75, 3.05) is 0 Å². The number of ketones is 1. The van der Waals surface area contributed by atoms with Crippen LogP contribution in [0.4, 0.5) is 0 Å². The van der Waals surface area contributed by atoms with Crippen molar-refractivity contribution in [2.45, 2.75) is 33.6 Å². The lowest BCUT2D eigenvalue weighted by molar-refractivity contribution is -0.122. The van der Waals surface area contributed by atoms with E-state index in [4.69, 9.17) is 0 Å². The molecule has 0 radical (unpaired) electrons. The molecular formula is C12H18OS. The maximum atomic E-state index is 11.5. The van der Waals surface area contributed by atoms with E-state index >= 15 is 0 Å². The number of rotatable bonds is 5. The summed E-state index contributed by atoms with van der Waals surface area (Å²) in [6, 6.07) is 4.21. The summed E-state index contributed by atoms with van der Waals surface area (Å²) in [6.45, 7) is 6.10. The molecule has 0 unspecified atom stereocenters. The van der Waals surface area contributed by atoms with Crippen LogP contribution in [0.3, 0.4) is 0 Å². The second-order valence-electron chi connectivity index (χ2n) is 4.21. The fraction of sp³-hybridized carbons (Fsp3) is 0.583. The van der Waals surface area contributed by atoms with E-state index in [1.807, 2.05) is 13.8 Å². The number of thiophene rings is 1. The Balaban J connectivity index is 2.36. The summed E-state index contributed by atoms with van der Waals surface area (Å²) in [5.74, 6) is 1.04. The molecule has 0 saturated carbocycles. The molecule has 2 heteroatoms. The van der Waals surface area contributed by atoms with Crippen LogP contribution in [0.2, 0.25) is 0 Å². The topological polar surface area (TPSA) is 17.1 Å². The van der Waals surface area contributed by atoms with Crippen molar-refractivity contribution in [3.05, 3.63) is 22.4 Å². The number of carbonyl (C=O) groups is 1. The first kappa shape index (κ1) is 11.4. The molecule has 0 amide bonds. The van der Waals surface area contributed by atoms with E-state index < -0.39 is 0 Å². The summed E-state index contributed by atoms with van der Waals surface area (Å²) in [5.41, 5.74) is 0. The van der Waals surface area contributed by atoms with Gasteiger partial charge >= 0.3 is 0 Å². The number of carbonyl (C=O) groups excluding carboxylic acids is 1. The lowest BCUT2D eigenvalue weighted by Gasteiger charge is -2.10. The fourth-order valence-electron chi connectivity index (χ4n) is 1.42. The standard InChI is InChI=1S/C12H18OS/c1-9(2)12(13)8-10(3)7-11-5-4-6-14-11/h4-6,9-10H,7-8H2,1-3H3/t10-/m1/s1. The number of hydrogen-bond donors (Lipinski definition) is 0. The smallest absolute Gasteiger partial charge is 0.135 e. The van der Waals surface area contributed by atoms with Crippen LogP contribution in [0.15, 0.2) is 17.5 Å². The van der Waals surface area contributed by atoms with Gasteiger partial charge < -0.3 is 0 Å². The monoisotopic (exact) mass is 210 g/mol. The minimum absolute atomic E-state index is 0.181. The quantitative estimate of drug-likeness (QED) is 0.726. The Kier molecular flexibility index (Phi) is 4.33. The van der Waals surface area contributed by atoms with Crippen molar-refractivity contribution < 1.29 is 4.79 Å². The van der Waals surface area contributed by atoms with Crippen LogP contribution in [0.25, 0.3) is 0 Å². The van der Waals surface area contributed by atoms with Crippen molar-refractivity contribution in [3.63, 3.8) is 0 Å². The van der Waals surface area contributed by atoms with E-state index in [9.17, 15) is 4.79 Å². The Labute approximate surface area is 90.2 Å². The van der Waals surface area contributed by atoms with Crippen LogP contribution in [-0.2, 0) is 11.2 Å². The van der Waals surface area contributed by atoms with Gasteiger partial charge in [-0.1, -0.05) is 26.8 Å². The molecule has 0 aliphatic heterocycles. The van der Waals surface area contributed by atoms with Gasteiger partial charge in [-0.05, 0) is 23.8 Å². The molecule has 0 bridgehead atoms. The molecule has 78 valence electrons. The van der Waals surface area contributed by atoms with Crippen LogP contribution < -0.4 is 0 Å². The van der Waals surface area contributed by atoms with Crippen LogP contribution in [0.1, 0.15) is 32.1 Å². The van der Waals surface area contributed by atoms with Crippen LogP contribution in [0.5, 0.6) is 0 Å². The van der Waals surface area contributed by atoms with Crippen molar-refractivity contribution in [1.82, 2.24) is 0 Å². The van der Waals surface area contributed by atoms with Gasteiger partial charge in [0.25, 0.3) is 0 Å². The summed E-state index contributed by atoms with van der Waals surface area (Å²) in [5, 5.41) is 2.09. The Morgan fingerprint density at radius 3 is 2.64 bits per heavy atom. The molecule has 0 saturated heterocycles. The van der Waals surface area contributed by atoms with Crippen LogP contribution in [0, 0.1) is 11.8 Å². The predicted molar refractivity (Wildman–Crippen MR) is 61.6 cm³/mol. The van der Waals surface area contributed by atoms with Gasteiger partial charge in [0, 0.05) is 17.2 Å². The molecule has 1 nitrogen and oxygen atoms in total. The Morgan fingerprint density at radius 2 is 2.14 bits per heavy atom. The number of hydrogen-bond acceptors (Lipinski definition) is 2. The van der Waals surface area contributed by atoms with Gasteiger partial charge in [0.1, 0.15) is 5.78 Å². The first-order chi connectivity index (χ1) is 6.59. The highest BCUT2D eigenvalue weighted by Gasteiger charge is 2.12. The molecule has 1 aromatic heterocycles. The molecule has 1 heterocycles. The summed E-state index contributed by atoms with van der Waals surface area (Å²) in [7, 11) is 0. The minimum Gasteiger partial charge on any atom is -0.299 e. The molecular weight excluding hydrogens is 192 g/mol. The minimum atomic E-state index is 0.181. The average molecular weight is 210 g/mol. The van der Waals surface area contributed by atoms with Gasteiger partial charge in [-0.15, -0.1) is 11.3 Å². The second kappa shape index (κ2) is 5.30. The van der Waals surface area contributed by atoms with Gasteiger partial charge in [0.2, 0.25) is 0 Å². The molecule has 1 aromatic rings. The third-order valence-corrected chi connectivity index (χ3v) is 3.22. The largest absolute Gasteiger partial charge is 0.299 e. The Hall–Kier alpha value is -0.630. The maximum absolute atomic E-state index is 11.5. The summed E-state index contributed by atoms with van der Waals surface area (Å²) >= 11 is 1.78. The van der Waals surface area contributed by atoms with Crippen molar-refractivity contribution in [3.8, 4) is 0 Å². The second-order valence-corrected chi connectivity index (χ2v) is 5.25. The fourth-order valence-corrected chi connectivity index (χ4v) is 2.29. The van der Waals surface area contributed by atoms with E-state index in [2.05, 4.69) is 24.4 Å². The molecule has 0 N–H and O–H groups in total. The molecule has 0 fully saturated rings. The Morgan fingerprint density at radius 1 is 1.43 bits per heavy atom. The van der Waals surface area contributed by atoms with Gasteiger partial charge in [-0.2, -0.15) is 0 Å². The molecule has 0 spiro atoms. The zero-order chi connectivity index (χ0) is 10.6. The third-order valence-electron chi connectivity index (χ3n) is 2.32. The van der Waals surface area contributed by atoms with Crippen LogP contribution >= 0.6 is 11.3 Å². The van der Waals surface area contributed by atoms with Crippen LogP contribution in [-0.4, -0.2) is 5.78 Å². The zero-order valence-corrected chi connectivity index (χ0v) is 9.93. The molecule has 1 rings (SSSR count). The van der Waals surface area contributed by atoms with Gasteiger partial charge in [-0.3, -0.25) is 4.79 Å². The van der Waals surface area contributed by atoms with Gasteiger partial charge in [0.15, 0.2) is 0 Å². The van der Waals surface area contributed by atoms with Gasteiger partial charge in [0.05, 0.1) is 0 Å². The highest BCUT2D eigenvalue weighted by Crippen LogP contribution is 2.17. The normalized spacial score (nSPS) is 13.1. The van der Waals surface area contributed by atoms with Crippen molar-refractivity contribution in [1.29, 1.82) is 0 Å². The summed E-state index contributed by atoms with van der Waals surface area (Å²) in [6.07, 6.45) is 1.76. The van der Waals surface area contributed by atoms with Gasteiger partial charge in [-0.25, -0.2) is 0 Å². The Bertz CT molecular complexity index is 275. The zero-order valence-electron chi connectivity index (χ0n) is 9.12. The lowest BCUT2D eigenvalue weighted by atomic mass is 9.95. The SMILES string of the molecule is CC(C)C(=O)C[C@H](C)Cc1cccs1. The van der Waals surface area contributed by atoms with E-state index in [1.165, 1.54) is 4.88 Å². The highest BCUT2D eigenvalue weighted by atomic mass is 32.1. The van der Waals surface area contributed by atoms with E-state index in [0.717, 1.165) is 12.8 Å². The summed E-state index contributed by atoms with van der Waals surface area (Å²) < 4.78 is 0. The maximum Gasteiger partial charge on any atom is 0.135 e. The molecule has 14 heavy (non-hydrogen) atoms. The predicted octanol–water partition coefficient (Wildman–Crippen LogP) is 3.54. The lowest BCUT2D eigenvalue weighted by Crippen LogP contribution is -2.12. The van der Waals surface area contributed by atoms with E-state index in [0.29, 0.717) is 11.7 Å². The third kappa shape index (κ3) is 3.62. The highest BCUT2D eigenvalue weighted by molar-refractivity contribution is 7.09. The molecule has 0 aliphatic carbocycles. The van der Waals surface area contributed by atoms with E-state index in [-0.39, 0.29) is 5.92 Å². The molecule has 1 atom stereocenters. The summed E-state index contributed by atoms with van der Waals surface area (Å²) in [4.78, 5) is 12.9. The molecule has 0 aliphatic rings.